The number of carbonyl (C=O) groups is 3. The van der Waals surface area contributed by atoms with E-state index in [2.05, 4.69) is 81.5 Å². The molecule has 0 aliphatic carbocycles. The predicted molar refractivity (Wildman–Crippen MR) is 288 cm³/mol. The number of hydrogen-bond acceptors (Lipinski definition) is 6. The third-order valence-corrected chi connectivity index (χ3v) is 12.5. The van der Waals surface area contributed by atoms with Crippen molar-refractivity contribution >= 4 is 17.9 Å². The van der Waals surface area contributed by atoms with Crippen molar-refractivity contribution in [2.45, 2.75) is 297 Å². The Morgan fingerprint density at radius 3 is 0.925 bits per heavy atom. The molecule has 0 spiro atoms. The Balaban J connectivity index is 4.45. The van der Waals surface area contributed by atoms with Gasteiger partial charge in [-0.25, -0.2) is 0 Å². The fourth-order valence-electron chi connectivity index (χ4n) is 8.14. The summed E-state index contributed by atoms with van der Waals surface area (Å²) >= 11 is 0. The molecule has 67 heavy (non-hydrogen) atoms. The summed E-state index contributed by atoms with van der Waals surface area (Å²) < 4.78 is 16.8. The molecule has 0 aromatic rings. The molecular weight excluding hydrogens is 829 g/mol. The van der Waals surface area contributed by atoms with Crippen LogP contribution in [0.5, 0.6) is 0 Å². The molecule has 0 unspecified atom stereocenters. The Kier molecular flexibility index (Phi) is 53.3. The highest BCUT2D eigenvalue weighted by Gasteiger charge is 2.19. The van der Waals surface area contributed by atoms with E-state index in [0.717, 1.165) is 70.6 Å². The SMILES string of the molecule is CCCCC/C=C\C/C=C\C/C=C\C/C=C\CCCC(=O)O[C@H](COC(=O)CCCCCCC/C=C\CCCCCCCC)COC(=O)CCCCCCCCCCCCCCCCCCC. The molecule has 0 aliphatic heterocycles. The smallest absolute Gasteiger partial charge is 0.306 e. The minimum absolute atomic E-state index is 0.0958. The maximum atomic E-state index is 12.8. The highest BCUT2D eigenvalue weighted by atomic mass is 16.6. The van der Waals surface area contributed by atoms with E-state index in [1.54, 1.807) is 0 Å². The van der Waals surface area contributed by atoms with E-state index in [9.17, 15) is 14.4 Å². The van der Waals surface area contributed by atoms with E-state index in [0.29, 0.717) is 19.3 Å². The van der Waals surface area contributed by atoms with Crippen LogP contribution in [0.1, 0.15) is 290 Å². The summed E-state index contributed by atoms with van der Waals surface area (Å²) in [6.07, 6.45) is 69.3. The first-order valence-electron chi connectivity index (χ1n) is 28.8. The third kappa shape index (κ3) is 53.9. The summed E-state index contributed by atoms with van der Waals surface area (Å²) in [6, 6.07) is 0. The number of hydrogen-bond donors (Lipinski definition) is 0. The third-order valence-electron chi connectivity index (χ3n) is 12.5. The van der Waals surface area contributed by atoms with Gasteiger partial charge in [-0.05, 0) is 83.5 Å². The van der Waals surface area contributed by atoms with E-state index >= 15 is 0 Å². The molecule has 0 heterocycles. The maximum absolute atomic E-state index is 12.8. The Morgan fingerprint density at radius 2 is 0.552 bits per heavy atom. The highest BCUT2D eigenvalue weighted by molar-refractivity contribution is 5.71. The lowest BCUT2D eigenvalue weighted by Crippen LogP contribution is -2.30. The van der Waals surface area contributed by atoms with Gasteiger partial charge in [-0.2, -0.15) is 0 Å². The number of rotatable bonds is 52. The minimum atomic E-state index is -0.804. The fourth-order valence-corrected chi connectivity index (χ4v) is 8.14. The van der Waals surface area contributed by atoms with Gasteiger partial charge in [0.2, 0.25) is 0 Å². The average molecular weight is 938 g/mol. The molecule has 0 rings (SSSR count). The molecule has 0 aromatic carbocycles. The van der Waals surface area contributed by atoms with Gasteiger partial charge in [-0.1, -0.05) is 248 Å². The monoisotopic (exact) mass is 937 g/mol. The summed E-state index contributed by atoms with van der Waals surface area (Å²) in [5.74, 6) is -0.949. The van der Waals surface area contributed by atoms with Crippen molar-refractivity contribution in [3.05, 3.63) is 60.8 Å². The fraction of sp³-hybridized carbons (Fsp3) is 0.787. The first-order valence-corrected chi connectivity index (χ1v) is 28.8. The summed E-state index contributed by atoms with van der Waals surface area (Å²) in [5.41, 5.74) is 0. The van der Waals surface area contributed by atoms with Crippen molar-refractivity contribution in [1.29, 1.82) is 0 Å². The average Bonchev–Trinajstić information content (AvgIpc) is 3.33. The summed E-state index contributed by atoms with van der Waals surface area (Å²) in [6.45, 7) is 6.58. The topological polar surface area (TPSA) is 78.9 Å². The number of esters is 3. The van der Waals surface area contributed by atoms with E-state index < -0.39 is 6.10 Å². The quantitative estimate of drug-likeness (QED) is 0.0262. The van der Waals surface area contributed by atoms with Gasteiger partial charge in [-0.15, -0.1) is 0 Å². The van der Waals surface area contributed by atoms with Gasteiger partial charge in [-0.3, -0.25) is 14.4 Å². The zero-order valence-electron chi connectivity index (χ0n) is 44.4. The van der Waals surface area contributed by atoms with E-state index in [-0.39, 0.29) is 37.5 Å². The lowest BCUT2D eigenvalue weighted by atomic mass is 10.0. The lowest BCUT2D eigenvalue weighted by molar-refractivity contribution is -0.167. The van der Waals surface area contributed by atoms with Crippen LogP contribution in [0.2, 0.25) is 0 Å². The molecule has 0 aromatic heterocycles. The standard InChI is InChI=1S/C61H108O6/c1-4-7-10-13-16-19-22-25-28-30-33-36-39-42-45-48-51-54-60(63)66-57-58(56-65-59(62)53-50-47-44-41-38-35-32-27-24-21-18-15-12-9-6-3)67-61(64)55-52-49-46-43-40-37-34-31-29-26-23-20-17-14-11-8-5-2/h17,20,26-27,29,32,34,37,43,46,58H,4-16,18-19,21-25,28,30-31,33,35-36,38-42,44-45,47-57H2,1-3H3/b20-17-,29-26-,32-27-,37-34-,46-43-/t58-/m1/s1. The van der Waals surface area contributed by atoms with E-state index in [4.69, 9.17) is 14.2 Å². The molecule has 0 bridgehead atoms. The van der Waals surface area contributed by atoms with Gasteiger partial charge < -0.3 is 14.2 Å². The van der Waals surface area contributed by atoms with Crippen molar-refractivity contribution in [2.75, 3.05) is 13.2 Å². The number of carbonyl (C=O) groups excluding carboxylic acids is 3. The molecule has 1 atom stereocenters. The van der Waals surface area contributed by atoms with Crippen molar-refractivity contribution < 1.29 is 28.6 Å². The van der Waals surface area contributed by atoms with Crippen LogP contribution in [-0.4, -0.2) is 37.2 Å². The number of allylic oxidation sites excluding steroid dienone is 10. The molecular formula is C61H108O6. The van der Waals surface area contributed by atoms with Crippen LogP contribution in [0.3, 0.4) is 0 Å². The van der Waals surface area contributed by atoms with Crippen LogP contribution in [0, 0.1) is 0 Å². The molecule has 0 amide bonds. The summed E-state index contributed by atoms with van der Waals surface area (Å²) in [5, 5.41) is 0. The van der Waals surface area contributed by atoms with Gasteiger partial charge >= 0.3 is 17.9 Å². The van der Waals surface area contributed by atoms with Crippen LogP contribution in [-0.2, 0) is 28.6 Å². The largest absolute Gasteiger partial charge is 0.462 e. The van der Waals surface area contributed by atoms with Crippen molar-refractivity contribution in [1.82, 2.24) is 0 Å². The number of unbranched alkanes of at least 4 members (excludes halogenated alkanes) is 31. The van der Waals surface area contributed by atoms with E-state index in [1.165, 1.54) is 173 Å². The van der Waals surface area contributed by atoms with Crippen LogP contribution < -0.4 is 0 Å². The molecule has 0 radical (unpaired) electrons. The molecule has 0 N–H and O–H groups in total. The first-order chi connectivity index (χ1) is 33.0. The molecule has 0 saturated heterocycles. The van der Waals surface area contributed by atoms with Gasteiger partial charge in [0.15, 0.2) is 6.10 Å². The first kappa shape index (κ1) is 64.1. The molecule has 6 heteroatoms. The Labute approximate surface area is 415 Å². The molecule has 0 aliphatic rings. The second-order valence-electron chi connectivity index (χ2n) is 19.2. The van der Waals surface area contributed by atoms with Crippen LogP contribution in [0.4, 0.5) is 0 Å². The normalized spacial score (nSPS) is 12.5. The zero-order chi connectivity index (χ0) is 48.6. The molecule has 0 saturated carbocycles. The van der Waals surface area contributed by atoms with Gasteiger partial charge in [0, 0.05) is 19.3 Å². The van der Waals surface area contributed by atoms with Crippen LogP contribution in [0.25, 0.3) is 0 Å². The Bertz CT molecular complexity index is 1210. The van der Waals surface area contributed by atoms with Gasteiger partial charge in [0.1, 0.15) is 13.2 Å². The summed E-state index contributed by atoms with van der Waals surface area (Å²) in [7, 11) is 0. The highest BCUT2D eigenvalue weighted by Crippen LogP contribution is 2.16. The molecule has 0 fully saturated rings. The van der Waals surface area contributed by atoms with Crippen LogP contribution in [0.15, 0.2) is 60.8 Å². The van der Waals surface area contributed by atoms with Crippen molar-refractivity contribution in [3.63, 3.8) is 0 Å². The Hall–Kier alpha value is -2.89. The zero-order valence-corrected chi connectivity index (χ0v) is 44.4. The Morgan fingerprint density at radius 1 is 0.299 bits per heavy atom. The maximum Gasteiger partial charge on any atom is 0.306 e. The van der Waals surface area contributed by atoms with Crippen molar-refractivity contribution in [2.24, 2.45) is 0 Å². The van der Waals surface area contributed by atoms with Crippen LogP contribution >= 0.6 is 0 Å². The molecule has 388 valence electrons. The second kappa shape index (κ2) is 55.7. The number of ether oxygens (including phenoxy) is 3. The van der Waals surface area contributed by atoms with Gasteiger partial charge in [0.05, 0.1) is 0 Å². The van der Waals surface area contributed by atoms with E-state index in [1.807, 2.05) is 0 Å². The second-order valence-corrected chi connectivity index (χ2v) is 19.2. The minimum Gasteiger partial charge on any atom is -0.462 e. The van der Waals surface area contributed by atoms with Crippen molar-refractivity contribution in [3.8, 4) is 0 Å². The summed E-state index contributed by atoms with van der Waals surface area (Å²) in [4.78, 5) is 38.1. The lowest BCUT2D eigenvalue weighted by Gasteiger charge is -2.18. The van der Waals surface area contributed by atoms with Gasteiger partial charge in [0.25, 0.3) is 0 Å². The predicted octanol–water partition coefficient (Wildman–Crippen LogP) is 19.2. The molecule has 6 nitrogen and oxygen atoms in total.